The molecule has 0 aromatic heterocycles. The fourth-order valence-corrected chi connectivity index (χ4v) is 2.18. The van der Waals surface area contributed by atoms with Crippen LogP contribution in [0.1, 0.15) is 20.3 Å². The molecule has 64 valence electrons. The minimum Gasteiger partial charge on any atom is -0.263 e. The van der Waals surface area contributed by atoms with Gasteiger partial charge in [-0.3, -0.25) is 5.01 Å². The van der Waals surface area contributed by atoms with E-state index in [2.05, 4.69) is 31.7 Å². The van der Waals surface area contributed by atoms with Gasteiger partial charge in [0.05, 0.1) is 5.54 Å². The second-order valence-electron chi connectivity index (χ2n) is 3.71. The molecule has 2 aliphatic rings. The summed E-state index contributed by atoms with van der Waals surface area (Å²) in [5.41, 5.74) is 1.60. The maximum atomic E-state index is 4.02. The molecule has 2 rings (SSSR count). The first-order valence-electron chi connectivity index (χ1n) is 4.33. The van der Waals surface area contributed by atoms with Crippen LogP contribution in [0.15, 0.2) is 29.0 Å². The molecule has 0 aromatic carbocycles. The van der Waals surface area contributed by atoms with Crippen LogP contribution >= 0.6 is 0 Å². The molecule has 2 nitrogen and oxygen atoms in total. The highest BCUT2D eigenvalue weighted by Gasteiger charge is 2.57. The Morgan fingerprint density at radius 1 is 1.75 bits per heavy atom. The van der Waals surface area contributed by atoms with Crippen molar-refractivity contribution in [3.05, 3.63) is 23.9 Å². The number of allylic oxidation sites excluding steroid dienone is 2. The average Bonchev–Trinajstić information content (AvgIpc) is 2.70. The van der Waals surface area contributed by atoms with Crippen LogP contribution in [0.25, 0.3) is 0 Å². The summed E-state index contributed by atoms with van der Waals surface area (Å²) in [4.78, 5) is 0. The fraction of sp³-hybridized carbons (Fsp3) is 0.500. The maximum Gasteiger partial charge on any atom is 0.0866 e. The lowest BCUT2D eigenvalue weighted by Crippen LogP contribution is -2.32. The molecule has 0 saturated heterocycles. The van der Waals surface area contributed by atoms with Crippen LogP contribution in [0.5, 0.6) is 0 Å². The first kappa shape index (κ1) is 7.59. The van der Waals surface area contributed by atoms with Gasteiger partial charge in [0, 0.05) is 12.9 Å². The van der Waals surface area contributed by atoms with Crippen LogP contribution in [0, 0.1) is 5.92 Å². The molecule has 0 aromatic rings. The molecular formula is C10H14N2. The maximum absolute atomic E-state index is 4.02. The summed E-state index contributed by atoms with van der Waals surface area (Å²) in [5, 5.41) is 6.01. The molecule has 0 bridgehead atoms. The second kappa shape index (κ2) is 2.22. The molecule has 1 spiro atoms. The van der Waals surface area contributed by atoms with Crippen LogP contribution in [0.3, 0.4) is 0 Å². The third kappa shape index (κ3) is 0.724. The normalized spacial score (nSPS) is 38.3. The van der Waals surface area contributed by atoms with Crippen LogP contribution < -0.4 is 0 Å². The molecule has 2 unspecified atom stereocenters. The Hall–Kier alpha value is -1.05. The quantitative estimate of drug-likeness (QED) is 0.539. The molecule has 0 amide bonds. The van der Waals surface area contributed by atoms with Gasteiger partial charge < -0.3 is 0 Å². The smallest absolute Gasteiger partial charge is 0.0866 e. The Bertz CT molecular complexity index is 278. The summed E-state index contributed by atoms with van der Waals surface area (Å²) < 4.78 is 0. The molecule has 2 atom stereocenters. The minimum absolute atomic E-state index is 0.191. The van der Waals surface area contributed by atoms with Crippen molar-refractivity contribution in [2.75, 3.05) is 0 Å². The van der Waals surface area contributed by atoms with Gasteiger partial charge in [0.1, 0.15) is 0 Å². The van der Waals surface area contributed by atoms with Crippen molar-refractivity contribution >= 4 is 6.72 Å². The third-order valence-electron chi connectivity index (χ3n) is 3.09. The molecular weight excluding hydrogens is 148 g/mol. The summed E-state index contributed by atoms with van der Waals surface area (Å²) in [7, 11) is 0. The standard InChI is InChI=1S/C10H14N2/c1-8-5-4-6-12(11-3)10(8)7-9(10)2/h4-6,9H,3,7H2,1-2H3. The van der Waals surface area contributed by atoms with Crippen molar-refractivity contribution in [3.63, 3.8) is 0 Å². The van der Waals surface area contributed by atoms with Crippen molar-refractivity contribution in [2.45, 2.75) is 25.8 Å². The summed E-state index contributed by atoms with van der Waals surface area (Å²) in [6.07, 6.45) is 7.41. The molecule has 12 heavy (non-hydrogen) atoms. The van der Waals surface area contributed by atoms with Crippen LogP contribution in [0.4, 0.5) is 0 Å². The van der Waals surface area contributed by atoms with E-state index in [1.165, 1.54) is 12.0 Å². The SMILES string of the molecule is C=NN1C=CC=C(C)C12CC2C. The number of hydrogen-bond donors (Lipinski definition) is 0. The van der Waals surface area contributed by atoms with Gasteiger partial charge in [0.2, 0.25) is 0 Å². The van der Waals surface area contributed by atoms with E-state index in [1.54, 1.807) is 0 Å². The van der Waals surface area contributed by atoms with E-state index in [4.69, 9.17) is 0 Å². The largest absolute Gasteiger partial charge is 0.263 e. The van der Waals surface area contributed by atoms with Gasteiger partial charge in [-0.05, 0) is 30.9 Å². The number of hydrazone groups is 1. The van der Waals surface area contributed by atoms with Crippen molar-refractivity contribution < 1.29 is 0 Å². The molecule has 1 heterocycles. The highest BCUT2D eigenvalue weighted by molar-refractivity contribution is 5.38. The lowest BCUT2D eigenvalue weighted by atomic mass is 10.0. The van der Waals surface area contributed by atoms with Crippen molar-refractivity contribution in [2.24, 2.45) is 11.0 Å². The first-order chi connectivity index (χ1) is 5.71. The minimum atomic E-state index is 0.191. The van der Waals surface area contributed by atoms with Crippen LogP contribution in [-0.4, -0.2) is 17.3 Å². The average molecular weight is 162 g/mol. The van der Waals surface area contributed by atoms with Crippen LogP contribution in [-0.2, 0) is 0 Å². The van der Waals surface area contributed by atoms with Gasteiger partial charge >= 0.3 is 0 Å². The third-order valence-corrected chi connectivity index (χ3v) is 3.09. The predicted octanol–water partition coefficient (Wildman–Crippen LogP) is 2.16. The van der Waals surface area contributed by atoms with E-state index in [0.29, 0.717) is 5.92 Å². The summed E-state index contributed by atoms with van der Waals surface area (Å²) >= 11 is 0. The van der Waals surface area contributed by atoms with Gasteiger partial charge in [-0.25, -0.2) is 0 Å². The Morgan fingerprint density at radius 3 is 2.83 bits per heavy atom. The molecule has 2 heteroatoms. The highest BCUT2D eigenvalue weighted by Crippen LogP contribution is 2.54. The molecule has 1 aliphatic carbocycles. The monoisotopic (exact) mass is 162 g/mol. The molecule has 1 saturated carbocycles. The Kier molecular flexibility index (Phi) is 1.40. The zero-order chi connectivity index (χ0) is 8.77. The zero-order valence-corrected chi connectivity index (χ0v) is 7.62. The van der Waals surface area contributed by atoms with Gasteiger partial charge in [-0.1, -0.05) is 13.0 Å². The lowest BCUT2D eigenvalue weighted by Gasteiger charge is -2.30. The highest BCUT2D eigenvalue weighted by atomic mass is 15.5. The second-order valence-corrected chi connectivity index (χ2v) is 3.71. The summed E-state index contributed by atoms with van der Waals surface area (Å²) in [6, 6.07) is 0. The Labute approximate surface area is 73.3 Å². The molecule has 1 aliphatic heterocycles. The zero-order valence-electron chi connectivity index (χ0n) is 7.62. The van der Waals surface area contributed by atoms with E-state index in [-0.39, 0.29) is 5.54 Å². The number of nitrogens with zero attached hydrogens (tertiary/aromatic N) is 2. The first-order valence-corrected chi connectivity index (χ1v) is 4.33. The van der Waals surface area contributed by atoms with Crippen LogP contribution in [0.2, 0.25) is 0 Å². The van der Waals surface area contributed by atoms with Gasteiger partial charge in [0.15, 0.2) is 0 Å². The summed E-state index contributed by atoms with van der Waals surface area (Å²) in [6.45, 7) is 8.02. The molecule has 0 N–H and O–H groups in total. The van der Waals surface area contributed by atoms with Gasteiger partial charge in [0.25, 0.3) is 0 Å². The van der Waals surface area contributed by atoms with E-state index >= 15 is 0 Å². The lowest BCUT2D eigenvalue weighted by molar-refractivity contribution is 0.284. The number of rotatable bonds is 1. The summed E-state index contributed by atoms with van der Waals surface area (Å²) in [5.74, 6) is 0.712. The molecule has 1 fully saturated rings. The van der Waals surface area contributed by atoms with Gasteiger partial charge in [-0.15, -0.1) is 0 Å². The van der Waals surface area contributed by atoms with E-state index in [9.17, 15) is 0 Å². The Balaban J connectivity index is 2.35. The van der Waals surface area contributed by atoms with E-state index in [1.807, 2.05) is 17.3 Å². The van der Waals surface area contributed by atoms with Crippen molar-refractivity contribution in [3.8, 4) is 0 Å². The van der Waals surface area contributed by atoms with Gasteiger partial charge in [-0.2, -0.15) is 5.10 Å². The fourth-order valence-electron chi connectivity index (χ4n) is 2.18. The van der Waals surface area contributed by atoms with E-state index in [0.717, 1.165) is 0 Å². The molecule has 0 radical (unpaired) electrons. The van der Waals surface area contributed by atoms with Crippen molar-refractivity contribution in [1.29, 1.82) is 0 Å². The van der Waals surface area contributed by atoms with E-state index < -0.39 is 0 Å². The predicted molar refractivity (Wildman–Crippen MR) is 50.8 cm³/mol. The topological polar surface area (TPSA) is 15.6 Å². The van der Waals surface area contributed by atoms with Crippen molar-refractivity contribution in [1.82, 2.24) is 5.01 Å². The number of hydrogen-bond acceptors (Lipinski definition) is 2. The Morgan fingerprint density at radius 2 is 2.42 bits per heavy atom.